The molecule has 0 saturated heterocycles. The van der Waals surface area contributed by atoms with Crippen molar-refractivity contribution in [2.45, 2.75) is 41.0 Å². The van der Waals surface area contributed by atoms with Crippen LogP contribution in [0, 0.1) is 11.3 Å². The second-order valence-electron chi connectivity index (χ2n) is 7.68. The molecule has 1 aliphatic heterocycles. The van der Waals surface area contributed by atoms with Crippen LogP contribution in [-0.4, -0.2) is 38.2 Å². The number of nitrogens with one attached hydrogen (secondary N) is 1. The Morgan fingerprint density at radius 2 is 2.12 bits per heavy atom. The molecule has 1 aromatic rings. The Kier molecular flexibility index (Phi) is 6.64. The first kappa shape index (κ1) is 20.2. The fourth-order valence-electron chi connectivity index (χ4n) is 2.72. The highest BCUT2D eigenvalue weighted by Crippen LogP contribution is 2.38. The fourth-order valence-corrected chi connectivity index (χ4v) is 2.72. The van der Waals surface area contributed by atoms with Crippen LogP contribution in [0.5, 0.6) is 5.75 Å². The summed E-state index contributed by atoms with van der Waals surface area (Å²) in [4.78, 5) is 26.8. The molecule has 0 saturated carbocycles. The van der Waals surface area contributed by atoms with E-state index in [1.807, 2.05) is 26.8 Å². The van der Waals surface area contributed by atoms with Crippen molar-refractivity contribution >= 4 is 23.2 Å². The molecule has 0 atom stereocenters. The Labute approximate surface area is 155 Å². The standard InChI is InChI=1S/C20H30N2O4/c1-6-25-12-18(23)21-15-7-8-17-16(11-15)22(10-9-14(2)3)19(24)20(4,5)13-26-17/h7-8,11,14H,6,9-10,12-13H2,1-5H3,(H,21,23). The summed E-state index contributed by atoms with van der Waals surface area (Å²) in [6.07, 6.45) is 0.891. The number of fused-ring (bicyclic) bond motifs is 1. The number of hydrogen-bond donors (Lipinski definition) is 1. The van der Waals surface area contributed by atoms with Gasteiger partial charge < -0.3 is 19.7 Å². The van der Waals surface area contributed by atoms with E-state index in [0.29, 0.717) is 42.8 Å². The van der Waals surface area contributed by atoms with Gasteiger partial charge in [-0.2, -0.15) is 0 Å². The van der Waals surface area contributed by atoms with Crippen molar-refractivity contribution in [3.8, 4) is 5.75 Å². The predicted molar refractivity (Wildman–Crippen MR) is 103 cm³/mol. The Hall–Kier alpha value is -2.08. The smallest absolute Gasteiger partial charge is 0.250 e. The maximum absolute atomic E-state index is 13.1. The first-order chi connectivity index (χ1) is 12.2. The molecule has 1 aromatic carbocycles. The lowest BCUT2D eigenvalue weighted by Crippen LogP contribution is -2.42. The van der Waals surface area contributed by atoms with Crippen LogP contribution >= 0.6 is 0 Å². The molecule has 0 radical (unpaired) electrons. The van der Waals surface area contributed by atoms with E-state index in [1.54, 1.807) is 17.0 Å². The molecule has 2 rings (SSSR count). The summed E-state index contributed by atoms with van der Waals surface area (Å²) in [7, 11) is 0. The maximum atomic E-state index is 13.1. The number of carbonyl (C=O) groups is 2. The van der Waals surface area contributed by atoms with Crippen LogP contribution in [-0.2, 0) is 14.3 Å². The van der Waals surface area contributed by atoms with Gasteiger partial charge in [-0.05, 0) is 51.3 Å². The second-order valence-corrected chi connectivity index (χ2v) is 7.68. The zero-order valence-electron chi connectivity index (χ0n) is 16.4. The Bertz CT molecular complexity index is 655. The van der Waals surface area contributed by atoms with Crippen LogP contribution < -0.4 is 15.0 Å². The number of ether oxygens (including phenoxy) is 2. The van der Waals surface area contributed by atoms with Crippen LogP contribution in [0.25, 0.3) is 0 Å². The number of benzene rings is 1. The van der Waals surface area contributed by atoms with Gasteiger partial charge in [0.1, 0.15) is 19.0 Å². The minimum Gasteiger partial charge on any atom is -0.490 e. The van der Waals surface area contributed by atoms with E-state index < -0.39 is 5.41 Å². The minimum atomic E-state index is -0.603. The first-order valence-corrected chi connectivity index (χ1v) is 9.21. The Balaban J connectivity index is 2.30. The van der Waals surface area contributed by atoms with Crippen LogP contribution in [0.4, 0.5) is 11.4 Å². The summed E-state index contributed by atoms with van der Waals surface area (Å²) in [5, 5.41) is 2.81. The number of amides is 2. The second kappa shape index (κ2) is 8.54. The van der Waals surface area contributed by atoms with Gasteiger partial charge in [0, 0.05) is 18.8 Å². The van der Waals surface area contributed by atoms with Gasteiger partial charge >= 0.3 is 0 Å². The molecule has 6 nitrogen and oxygen atoms in total. The molecule has 0 fully saturated rings. The maximum Gasteiger partial charge on any atom is 0.250 e. The van der Waals surface area contributed by atoms with Crippen LogP contribution in [0.3, 0.4) is 0 Å². The van der Waals surface area contributed by atoms with Gasteiger partial charge in [0.15, 0.2) is 0 Å². The van der Waals surface area contributed by atoms with E-state index in [2.05, 4.69) is 19.2 Å². The van der Waals surface area contributed by atoms with Crippen molar-refractivity contribution in [3.63, 3.8) is 0 Å². The minimum absolute atomic E-state index is 0.00705. The van der Waals surface area contributed by atoms with Crippen molar-refractivity contribution in [3.05, 3.63) is 18.2 Å². The quantitative estimate of drug-likeness (QED) is 0.806. The summed E-state index contributed by atoms with van der Waals surface area (Å²) >= 11 is 0. The highest BCUT2D eigenvalue weighted by atomic mass is 16.5. The van der Waals surface area contributed by atoms with Crippen LogP contribution in [0.15, 0.2) is 18.2 Å². The van der Waals surface area contributed by atoms with E-state index in [-0.39, 0.29) is 18.4 Å². The van der Waals surface area contributed by atoms with E-state index >= 15 is 0 Å². The zero-order chi connectivity index (χ0) is 19.3. The number of nitrogens with zero attached hydrogens (tertiary/aromatic N) is 1. The van der Waals surface area contributed by atoms with Gasteiger partial charge in [0.25, 0.3) is 0 Å². The van der Waals surface area contributed by atoms with Crippen LogP contribution in [0.2, 0.25) is 0 Å². The van der Waals surface area contributed by atoms with Crippen molar-refractivity contribution < 1.29 is 19.1 Å². The van der Waals surface area contributed by atoms with Crippen molar-refractivity contribution in [1.29, 1.82) is 0 Å². The fraction of sp³-hybridized carbons (Fsp3) is 0.600. The lowest BCUT2D eigenvalue weighted by Gasteiger charge is -2.28. The Morgan fingerprint density at radius 1 is 1.38 bits per heavy atom. The van der Waals surface area contributed by atoms with Gasteiger partial charge in [0.2, 0.25) is 11.8 Å². The third-order valence-corrected chi connectivity index (χ3v) is 4.31. The molecule has 144 valence electrons. The lowest BCUT2D eigenvalue weighted by molar-refractivity contribution is -0.127. The van der Waals surface area contributed by atoms with E-state index in [4.69, 9.17) is 9.47 Å². The third-order valence-electron chi connectivity index (χ3n) is 4.31. The summed E-state index contributed by atoms with van der Waals surface area (Å²) in [5.41, 5.74) is 0.725. The average molecular weight is 362 g/mol. The van der Waals surface area contributed by atoms with Crippen molar-refractivity contribution in [2.75, 3.05) is 36.6 Å². The Morgan fingerprint density at radius 3 is 2.77 bits per heavy atom. The molecule has 1 heterocycles. The topological polar surface area (TPSA) is 67.9 Å². The SMILES string of the molecule is CCOCC(=O)Nc1ccc2c(c1)N(CCC(C)C)C(=O)C(C)(C)CO2. The predicted octanol–water partition coefficient (Wildman–Crippen LogP) is 3.46. The molecule has 26 heavy (non-hydrogen) atoms. The zero-order valence-corrected chi connectivity index (χ0v) is 16.4. The molecule has 1 N–H and O–H groups in total. The number of rotatable bonds is 7. The summed E-state index contributed by atoms with van der Waals surface area (Å²) in [5.74, 6) is 0.958. The molecule has 0 unspecified atom stereocenters. The molecular formula is C20H30N2O4. The van der Waals surface area contributed by atoms with Gasteiger partial charge in [0.05, 0.1) is 11.1 Å². The third kappa shape index (κ3) is 4.97. The van der Waals surface area contributed by atoms with E-state index in [9.17, 15) is 9.59 Å². The molecular weight excluding hydrogens is 332 g/mol. The monoisotopic (exact) mass is 362 g/mol. The van der Waals surface area contributed by atoms with Crippen molar-refractivity contribution in [1.82, 2.24) is 0 Å². The van der Waals surface area contributed by atoms with E-state index in [0.717, 1.165) is 6.42 Å². The van der Waals surface area contributed by atoms with Gasteiger partial charge in [-0.3, -0.25) is 9.59 Å². The number of carbonyl (C=O) groups excluding carboxylic acids is 2. The summed E-state index contributed by atoms with van der Waals surface area (Å²) in [6.45, 7) is 11.3. The van der Waals surface area contributed by atoms with Gasteiger partial charge in [-0.1, -0.05) is 13.8 Å². The molecule has 0 bridgehead atoms. The molecule has 6 heteroatoms. The van der Waals surface area contributed by atoms with Crippen LogP contribution in [0.1, 0.15) is 41.0 Å². The summed E-state index contributed by atoms with van der Waals surface area (Å²) < 4.78 is 11.0. The first-order valence-electron chi connectivity index (χ1n) is 9.21. The van der Waals surface area contributed by atoms with E-state index in [1.165, 1.54) is 0 Å². The van der Waals surface area contributed by atoms with Gasteiger partial charge in [-0.25, -0.2) is 0 Å². The highest BCUT2D eigenvalue weighted by Gasteiger charge is 2.37. The molecule has 0 spiro atoms. The largest absolute Gasteiger partial charge is 0.490 e. The van der Waals surface area contributed by atoms with Crippen molar-refractivity contribution in [2.24, 2.45) is 11.3 Å². The molecule has 0 aromatic heterocycles. The number of hydrogen-bond acceptors (Lipinski definition) is 4. The average Bonchev–Trinajstić information content (AvgIpc) is 2.67. The summed E-state index contributed by atoms with van der Waals surface area (Å²) in [6, 6.07) is 5.40. The number of anilines is 2. The normalized spacial score (nSPS) is 16.1. The molecule has 2 amide bonds. The molecule has 0 aliphatic carbocycles. The highest BCUT2D eigenvalue weighted by molar-refractivity contribution is 6.00. The lowest BCUT2D eigenvalue weighted by atomic mass is 9.92. The molecule has 1 aliphatic rings. The van der Waals surface area contributed by atoms with Gasteiger partial charge in [-0.15, -0.1) is 0 Å².